The highest BCUT2D eigenvalue weighted by molar-refractivity contribution is 6.19. The van der Waals surface area contributed by atoms with E-state index < -0.39 is 0 Å². The fraction of sp³-hybridized carbons (Fsp3) is 0.545. The molecule has 14 heavy (non-hydrogen) atoms. The predicted molar refractivity (Wildman–Crippen MR) is 61.5 cm³/mol. The molecule has 0 bridgehead atoms. The molecule has 0 aliphatic rings. The number of aryl methyl sites for hydroxylation is 2. The maximum atomic E-state index is 5.88. The van der Waals surface area contributed by atoms with Gasteiger partial charge in [0.25, 0.3) is 0 Å². The summed E-state index contributed by atoms with van der Waals surface area (Å²) >= 11 is 5.88. The summed E-state index contributed by atoms with van der Waals surface area (Å²) in [4.78, 5) is 0. The van der Waals surface area contributed by atoms with Crippen LogP contribution in [-0.4, -0.2) is 15.7 Å². The van der Waals surface area contributed by atoms with Crippen LogP contribution in [0.4, 0.5) is 0 Å². The van der Waals surface area contributed by atoms with Crippen LogP contribution < -0.4 is 0 Å². The summed E-state index contributed by atoms with van der Waals surface area (Å²) in [7, 11) is 1.93. The van der Waals surface area contributed by atoms with Gasteiger partial charge in [0.15, 0.2) is 0 Å². The lowest BCUT2D eigenvalue weighted by molar-refractivity contribution is 0.756. The Labute approximate surface area is 90.6 Å². The molecule has 0 saturated carbocycles. The van der Waals surface area contributed by atoms with E-state index >= 15 is 0 Å². The zero-order valence-electron chi connectivity index (χ0n) is 9.21. The minimum Gasteiger partial charge on any atom is -0.275 e. The van der Waals surface area contributed by atoms with Gasteiger partial charge in [-0.25, -0.2) is 0 Å². The first-order valence-electron chi connectivity index (χ1n) is 4.81. The molecule has 0 atom stereocenters. The summed E-state index contributed by atoms with van der Waals surface area (Å²) in [5, 5.41) is 4.29. The van der Waals surface area contributed by atoms with E-state index in [9.17, 15) is 0 Å². The van der Waals surface area contributed by atoms with Crippen LogP contribution >= 0.6 is 11.6 Å². The summed E-state index contributed by atoms with van der Waals surface area (Å²) in [6, 6.07) is 0. The van der Waals surface area contributed by atoms with Crippen LogP contribution in [-0.2, 0) is 7.05 Å². The molecule has 0 unspecified atom stereocenters. The van der Waals surface area contributed by atoms with E-state index in [1.807, 2.05) is 24.9 Å². The Morgan fingerprint density at radius 3 is 2.64 bits per heavy atom. The third-order valence-corrected chi connectivity index (χ3v) is 2.60. The van der Waals surface area contributed by atoms with E-state index in [1.165, 1.54) is 5.57 Å². The average Bonchev–Trinajstić information content (AvgIpc) is 2.40. The number of allylic oxidation sites excluding steroid dienone is 1. The van der Waals surface area contributed by atoms with Crippen molar-refractivity contribution in [3.63, 3.8) is 0 Å². The summed E-state index contributed by atoms with van der Waals surface area (Å²) in [6.45, 7) is 6.32. The molecule has 1 aromatic rings. The molecule has 78 valence electrons. The number of nitrogens with zero attached hydrogens (tertiary/aromatic N) is 2. The Morgan fingerprint density at radius 2 is 2.29 bits per heavy atom. The highest BCUT2D eigenvalue weighted by Crippen LogP contribution is 2.17. The lowest BCUT2D eigenvalue weighted by Crippen LogP contribution is -1.95. The fourth-order valence-corrected chi connectivity index (χ4v) is 1.70. The SMILES string of the molecule is Cc1nn(C)cc1/C=C(\CCl)C(C)C. The molecule has 0 N–H and O–H groups in total. The van der Waals surface area contributed by atoms with Crippen LogP contribution in [0.3, 0.4) is 0 Å². The van der Waals surface area contributed by atoms with Crippen molar-refractivity contribution in [2.45, 2.75) is 20.8 Å². The first-order chi connectivity index (χ1) is 6.54. The maximum Gasteiger partial charge on any atom is 0.0665 e. The highest BCUT2D eigenvalue weighted by Gasteiger charge is 2.05. The molecule has 0 fully saturated rings. The van der Waals surface area contributed by atoms with Gasteiger partial charge in [-0.2, -0.15) is 5.10 Å². The Bertz CT molecular complexity index is 337. The Morgan fingerprint density at radius 1 is 1.64 bits per heavy atom. The predicted octanol–water partition coefficient (Wildman–Crippen LogP) is 3.01. The van der Waals surface area contributed by atoms with Gasteiger partial charge in [-0.15, -0.1) is 11.6 Å². The number of hydrogen-bond acceptors (Lipinski definition) is 1. The first-order valence-corrected chi connectivity index (χ1v) is 5.34. The molecule has 0 spiro atoms. The molecular formula is C11H17ClN2. The average molecular weight is 213 g/mol. The molecule has 3 heteroatoms. The second-order valence-electron chi connectivity index (χ2n) is 3.85. The molecule has 1 rings (SSSR count). The molecule has 1 heterocycles. The molecular weight excluding hydrogens is 196 g/mol. The van der Waals surface area contributed by atoms with Crippen molar-refractivity contribution < 1.29 is 0 Å². The van der Waals surface area contributed by atoms with Gasteiger partial charge in [-0.1, -0.05) is 25.5 Å². The van der Waals surface area contributed by atoms with Gasteiger partial charge in [0.05, 0.1) is 5.69 Å². The van der Waals surface area contributed by atoms with E-state index in [-0.39, 0.29) is 0 Å². The molecule has 2 nitrogen and oxygen atoms in total. The molecule has 0 saturated heterocycles. The summed E-state index contributed by atoms with van der Waals surface area (Å²) < 4.78 is 1.83. The smallest absolute Gasteiger partial charge is 0.0665 e. The number of rotatable bonds is 3. The second-order valence-corrected chi connectivity index (χ2v) is 4.12. The van der Waals surface area contributed by atoms with Crippen molar-refractivity contribution in [3.05, 3.63) is 23.0 Å². The Kier molecular flexibility index (Phi) is 3.76. The first kappa shape index (κ1) is 11.3. The van der Waals surface area contributed by atoms with E-state index in [0.717, 1.165) is 11.3 Å². The number of aromatic nitrogens is 2. The largest absolute Gasteiger partial charge is 0.275 e. The minimum atomic E-state index is 0.493. The third-order valence-electron chi connectivity index (χ3n) is 2.29. The lowest BCUT2D eigenvalue weighted by atomic mass is 10.0. The molecule has 0 aliphatic heterocycles. The Balaban J connectivity index is 3.00. The zero-order chi connectivity index (χ0) is 10.7. The summed E-state index contributed by atoms with van der Waals surface area (Å²) in [5.41, 5.74) is 3.47. The highest BCUT2D eigenvalue weighted by atomic mass is 35.5. The normalized spacial score (nSPS) is 12.6. The summed E-state index contributed by atoms with van der Waals surface area (Å²) in [5.74, 6) is 1.08. The topological polar surface area (TPSA) is 17.8 Å². The lowest BCUT2D eigenvalue weighted by Gasteiger charge is -2.06. The van der Waals surface area contributed by atoms with Crippen LogP contribution in [0.2, 0.25) is 0 Å². The van der Waals surface area contributed by atoms with Gasteiger partial charge in [0.1, 0.15) is 0 Å². The van der Waals surface area contributed by atoms with Crippen molar-refractivity contribution in [2.75, 3.05) is 5.88 Å². The van der Waals surface area contributed by atoms with Crippen molar-refractivity contribution in [3.8, 4) is 0 Å². The Hall–Kier alpha value is -0.760. The monoisotopic (exact) mass is 212 g/mol. The molecule has 0 aliphatic carbocycles. The standard InChI is InChI=1S/C11H17ClN2/c1-8(2)10(6-12)5-11-7-14(4)13-9(11)3/h5,7-8H,6H2,1-4H3/b10-5+. The molecule has 1 aromatic heterocycles. The number of alkyl halides is 1. The van der Waals surface area contributed by atoms with Crippen LogP contribution in [0, 0.1) is 12.8 Å². The van der Waals surface area contributed by atoms with Crippen molar-refractivity contribution in [1.29, 1.82) is 0 Å². The fourth-order valence-electron chi connectivity index (χ4n) is 1.32. The van der Waals surface area contributed by atoms with Crippen LogP contribution in [0.25, 0.3) is 6.08 Å². The second kappa shape index (κ2) is 4.65. The van der Waals surface area contributed by atoms with Gasteiger partial charge in [0, 0.05) is 24.7 Å². The molecule has 0 aromatic carbocycles. The van der Waals surface area contributed by atoms with Gasteiger partial charge >= 0.3 is 0 Å². The number of halogens is 1. The van der Waals surface area contributed by atoms with Crippen LogP contribution in [0.15, 0.2) is 11.8 Å². The van der Waals surface area contributed by atoms with E-state index in [4.69, 9.17) is 11.6 Å². The van der Waals surface area contributed by atoms with Crippen molar-refractivity contribution in [1.82, 2.24) is 9.78 Å². The van der Waals surface area contributed by atoms with Crippen molar-refractivity contribution >= 4 is 17.7 Å². The maximum absolute atomic E-state index is 5.88. The van der Waals surface area contributed by atoms with E-state index in [2.05, 4.69) is 25.0 Å². The van der Waals surface area contributed by atoms with E-state index in [1.54, 1.807) is 0 Å². The van der Waals surface area contributed by atoms with Gasteiger partial charge in [-0.3, -0.25) is 4.68 Å². The van der Waals surface area contributed by atoms with Crippen LogP contribution in [0.5, 0.6) is 0 Å². The minimum absolute atomic E-state index is 0.493. The van der Waals surface area contributed by atoms with Crippen LogP contribution in [0.1, 0.15) is 25.1 Å². The summed E-state index contributed by atoms with van der Waals surface area (Å²) in [6.07, 6.45) is 4.16. The quantitative estimate of drug-likeness (QED) is 0.705. The van der Waals surface area contributed by atoms with E-state index in [0.29, 0.717) is 11.8 Å². The van der Waals surface area contributed by atoms with Gasteiger partial charge < -0.3 is 0 Å². The zero-order valence-corrected chi connectivity index (χ0v) is 9.97. The van der Waals surface area contributed by atoms with Gasteiger partial charge in [-0.05, 0) is 12.8 Å². The van der Waals surface area contributed by atoms with Crippen molar-refractivity contribution in [2.24, 2.45) is 13.0 Å². The van der Waals surface area contributed by atoms with Gasteiger partial charge in [0.2, 0.25) is 0 Å². The molecule has 0 amide bonds. The number of hydrogen-bond donors (Lipinski definition) is 0. The third kappa shape index (κ3) is 2.61. The molecule has 0 radical (unpaired) electrons.